The van der Waals surface area contributed by atoms with Crippen LogP contribution in [0.3, 0.4) is 0 Å². The van der Waals surface area contributed by atoms with Crippen LogP contribution >= 0.6 is 11.6 Å². The Morgan fingerprint density at radius 2 is 1.81 bits per heavy atom. The number of piperazine rings is 1. The Labute approximate surface area is 191 Å². The van der Waals surface area contributed by atoms with E-state index >= 15 is 0 Å². The molecule has 1 amide bonds. The molecule has 1 aromatic heterocycles. The molecular formula is C21H22ClN5O4S. The molecule has 4 rings (SSSR count). The Bertz CT molecular complexity index is 1200. The lowest BCUT2D eigenvalue weighted by Crippen LogP contribution is -2.50. The largest absolute Gasteiger partial charge is 0.497 e. The fraction of sp³-hybridized carbons (Fsp3) is 0.286. The zero-order valence-corrected chi connectivity index (χ0v) is 19.0. The van der Waals surface area contributed by atoms with Gasteiger partial charge in [-0.05, 0) is 42.0 Å². The molecule has 0 N–H and O–H groups in total. The number of carbonyl (C=O) groups excluding carboxylic acids is 1. The fourth-order valence-electron chi connectivity index (χ4n) is 3.48. The van der Waals surface area contributed by atoms with E-state index < -0.39 is 10.0 Å². The average Bonchev–Trinajstić information content (AvgIpc) is 3.27. The number of benzene rings is 2. The number of sulfonamides is 1. The van der Waals surface area contributed by atoms with Crippen LogP contribution < -0.4 is 4.74 Å². The fourth-order valence-corrected chi connectivity index (χ4v) is 5.03. The maximum absolute atomic E-state index is 12.8. The zero-order valence-electron chi connectivity index (χ0n) is 17.4. The average molecular weight is 476 g/mol. The highest BCUT2D eigenvalue weighted by Crippen LogP contribution is 2.20. The Morgan fingerprint density at radius 3 is 2.50 bits per heavy atom. The van der Waals surface area contributed by atoms with Gasteiger partial charge in [-0.1, -0.05) is 28.9 Å². The number of methoxy groups -OCH3 is 1. The quantitative estimate of drug-likeness (QED) is 0.541. The summed E-state index contributed by atoms with van der Waals surface area (Å²) in [6.45, 7) is 1.40. The molecule has 0 aliphatic carbocycles. The number of amides is 1. The summed E-state index contributed by atoms with van der Waals surface area (Å²) in [5.41, 5.74) is 1.19. The molecule has 0 unspecified atom stereocenters. The predicted molar refractivity (Wildman–Crippen MR) is 118 cm³/mol. The highest BCUT2D eigenvalue weighted by molar-refractivity contribution is 7.89. The predicted octanol–water partition coefficient (Wildman–Crippen LogP) is 2.14. The minimum absolute atomic E-state index is 0.183. The lowest BCUT2D eigenvalue weighted by molar-refractivity contribution is 0.0692. The van der Waals surface area contributed by atoms with E-state index in [9.17, 15) is 13.2 Å². The number of rotatable bonds is 6. The number of halogens is 1. The Hall–Kier alpha value is -2.95. The molecule has 0 radical (unpaired) electrons. The van der Waals surface area contributed by atoms with Crippen molar-refractivity contribution >= 4 is 27.5 Å². The molecule has 168 valence electrons. The summed E-state index contributed by atoms with van der Waals surface area (Å²) >= 11 is 5.85. The van der Waals surface area contributed by atoms with Crippen molar-refractivity contribution in [1.29, 1.82) is 0 Å². The van der Waals surface area contributed by atoms with Gasteiger partial charge in [-0.15, -0.1) is 5.10 Å². The molecule has 0 saturated carbocycles. The maximum atomic E-state index is 12.8. The monoisotopic (exact) mass is 475 g/mol. The molecule has 2 heterocycles. The number of ether oxygens (including phenoxy) is 1. The van der Waals surface area contributed by atoms with E-state index in [2.05, 4.69) is 10.3 Å². The number of hydrogen-bond acceptors (Lipinski definition) is 6. The van der Waals surface area contributed by atoms with Crippen LogP contribution in [0.1, 0.15) is 16.1 Å². The van der Waals surface area contributed by atoms with Gasteiger partial charge in [0.2, 0.25) is 10.0 Å². The molecule has 3 aromatic rings. The van der Waals surface area contributed by atoms with Crippen LogP contribution in [-0.4, -0.2) is 71.8 Å². The molecular weight excluding hydrogens is 454 g/mol. The van der Waals surface area contributed by atoms with Crippen molar-refractivity contribution in [3.8, 4) is 5.75 Å². The minimum atomic E-state index is -3.63. The van der Waals surface area contributed by atoms with Gasteiger partial charge in [-0.2, -0.15) is 4.31 Å². The number of nitrogens with zero attached hydrogens (tertiary/aromatic N) is 5. The van der Waals surface area contributed by atoms with Gasteiger partial charge < -0.3 is 9.64 Å². The molecule has 1 aliphatic rings. The van der Waals surface area contributed by atoms with Gasteiger partial charge in [0.25, 0.3) is 5.91 Å². The van der Waals surface area contributed by atoms with Crippen molar-refractivity contribution in [2.45, 2.75) is 11.4 Å². The topological polar surface area (TPSA) is 97.6 Å². The molecule has 32 heavy (non-hydrogen) atoms. The normalized spacial score (nSPS) is 15.0. The summed E-state index contributed by atoms with van der Waals surface area (Å²) < 4.78 is 33.8. The maximum Gasteiger partial charge on any atom is 0.276 e. The first kappa shape index (κ1) is 22.3. The first-order valence-corrected chi connectivity index (χ1v) is 11.8. The van der Waals surface area contributed by atoms with E-state index in [0.717, 1.165) is 11.3 Å². The van der Waals surface area contributed by atoms with Crippen molar-refractivity contribution in [1.82, 2.24) is 24.2 Å². The Balaban J connectivity index is 1.38. The summed E-state index contributed by atoms with van der Waals surface area (Å²) in [6.07, 6.45) is 1.60. The van der Waals surface area contributed by atoms with Gasteiger partial charge in [0.15, 0.2) is 5.69 Å². The highest BCUT2D eigenvalue weighted by atomic mass is 35.5. The van der Waals surface area contributed by atoms with Gasteiger partial charge in [0, 0.05) is 31.2 Å². The summed E-state index contributed by atoms with van der Waals surface area (Å²) in [5.74, 6) is 0.468. The van der Waals surface area contributed by atoms with Gasteiger partial charge in [-0.25, -0.2) is 13.1 Å². The van der Waals surface area contributed by atoms with Crippen LogP contribution in [0.15, 0.2) is 59.6 Å². The minimum Gasteiger partial charge on any atom is -0.497 e. The van der Waals surface area contributed by atoms with Crippen LogP contribution in [0, 0.1) is 0 Å². The van der Waals surface area contributed by atoms with Crippen molar-refractivity contribution in [2.24, 2.45) is 0 Å². The van der Waals surface area contributed by atoms with E-state index in [1.807, 2.05) is 24.3 Å². The summed E-state index contributed by atoms with van der Waals surface area (Å²) in [7, 11) is -2.03. The lowest BCUT2D eigenvalue weighted by Gasteiger charge is -2.33. The van der Waals surface area contributed by atoms with Crippen molar-refractivity contribution in [2.75, 3.05) is 33.3 Å². The third-order valence-corrected chi connectivity index (χ3v) is 7.38. The summed E-state index contributed by atoms with van der Waals surface area (Å²) in [5, 5.41) is 8.52. The zero-order chi connectivity index (χ0) is 22.7. The van der Waals surface area contributed by atoms with Crippen LogP contribution in [0.2, 0.25) is 5.02 Å². The van der Waals surface area contributed by atoms with Crippen LogP contribution in [0.25, 0.3) is 0 Å². The second kappa shape index (κ2) is 9.27. The summed E-state index contributed by atoms with van der Waals surface area (Å²) in [4.78, 5) is 14.6. The van der Waals surface area contributed by atoms with Crippen molar-refractivity contribution in [3.63, 3.8) is 0 Å². The van der Waals surface area contributed by atoms with Gasteiger partial charge >= 0.3 is 0 Å². The standard InChI is InChI=1S/C21H22ClN5O4S/c1-31-18-4-2-3-16(13-18)14-26-15-20(23-24-26)21(28)25-9-11-27(12-10-25)32(29,30)19-7-5-17(22)6-8-19/h2-8,13,15H,9-12,14H2,1H3. The highest BCUT2D eigenvalue weighted by Gasteiger charge is 2.31. The molecule has 1 saturated heterocycles. The van der Waals surface area contributed by atoms with Crippen molar-refractivity contribution < 1.29 is 17.9 Å². The second-order valence-electron chi connectivity index (χ2n) is 7.30. The number of aromatic nitrogens is 3. The molecule has 0 atom stereocenters. The van der Waals surface area contributed by atoms with E-state index in [-0.39, 0.29) is 42.7 Å². The van der Waals surface area contributed by atoms with Crippen LogP contribution in [-0.2, 0) is 16.6 Å². The van der Waals surface area contributed by atoms with Crippen molar-refractivity contribution in [3.05, 3.63) is 71.0 Å². The van der Waals surface area contributed by atoms with E-state index in [0.29, 0.717) is 11.6 Å². The first-order valence-electron chi connectivity index (χ1n) is 9.95. The molecule has 1 aliphatic heterocycles. The van der Waals surface area contributed by atoms with Gasteiger partial charge in [-0.3, -0.25) is 4.79 Å². The molecule has 9 nitrogen and oxygen atoms in total. The summed E-state index contributed by atoms with van der Waals surface area (Å²) in [6, 6.07) is 13.6. The molecule has 11 heteroatoms. The van der Waals surface area contributed by atoms with E-state index in [4.69, 9.17) is 16.3 Å². The SMILES string of the molecule is COc1cccc(Cn2cc(C(=O)N3CCN(S(=O)(=O)c4ccc(Cl)cc4)CC3)nn2)c1. The Morgan fingerprint density at radius 1 is 1.09 bits per heavy atom. The number of hydrogen-bond donors (Lipinski definition) is 0. The van der Waals surface area contributed by atoms with E-state index in [1.54, 1.807) is 35.0 Å². The molecule has 0 spiro atoms. The smallest absolute Gasteiger partial charge is 0.276 e. The van der Waals surface area contributed by atoms with E-state index in [1.165, 1.54) is 16.4 Å². The second-order valence-corrected chi connectivity index (χ2v) is 9.68. The van der Waals surface area contributed by atoms with Crippen LogP contribution in [0.4, 0.5) is 0 Å². The first-order chi connectivity index (χ1) is 15.4. The third kappa shape index (κ3) is 4.77. The third-order valence-electron chi connectivity index (χ3n) is 5.21. The molecule has 2 aromatic carbocycles. The Kier molecular flexibility index (Phi) is 6.45. The van der Waals surface area contributed by atoms with Gasteiger partial charge in [0.05, 0.1) is 24.7 Å². The molecule has 1 fully saturated rings. The van der Waals surface area contributed by atoms with Gasteiger partial charge in [0.1, 0.15) is 5.75 Å². The lowest BCUT2D eigenvalue weighted by atomic mass is 10.2. The molecule has 0 bridgehead atoms. The number of carbonyl (C=O) groups is 1. The van der Waals surface area contributed by atoms with Crippen LogP contribution in [0.5, 0.6) is 5.75 Å².